The zero-order valence-corrected chi connectivity index (χ0v) is 9.04. The van der Waals surface area contributed by atoms with E-state index in [1.807, 2.05) is 0 Å². The van der Waals surface area contributed by atoms with Crippen LogP contribution in [0.4, 0.5) is 0 Å². The van der Waals surface area contributed by atoms with Crippen LogP contribution in [0.2, 0.25) is 0 Å². The molecule has 1 atom stereocenters. The predicted octanol–water partition coefficient (Wildman–Crippen LogP) is -0.0269. The van der Waals surface area contributed by atoms with Gasteiger partial charge in [-0.1, -0.05) is 0 Å². The lowest BCUT2D eigenvalue weighted by Crippen LogP contribution is -2.37. The van der Waals surface area contributed by atoms with Gasteiger partial charge in [0, 0.05) is 0 Å². The minimum atomic E-state index is -0.462. The highest BCUT2D eigenvalue weighted by Crippen LogP contribution is 2.00. The van der Waals surface area contributed by atoms with Crippen LogP contribution < -0.4 is 5.73 Å². The molecule has 0 aromatic carbocycles. The summed E-state index contributed by atoms with van der Waals surface area (Å²) in [6.07, 6.45) is 1.64. The first-order valence-electron chi connectivity index (χ1n) is 4.50. The number of hydrogen-bond donors (Lipinski definition) is 1. The van der Waals surface area contributed by atoms with E-state index in [4.69, 9.17) is 5.73 Å². The van der Waals surface area contributed by atoms with E-state index in [-0.39, 0.29) is 5.97 Å². The topological polar surface area (TPSA) is 52.3 Å². The SMILES string of the molecule is COC(=O)C(N)CCC[N+](C)(C)C. The summed E-state index contributed by atoms with van der Waals surface area (Å²) in [7, 11) is 7.71. The number of ether oxygens (including phenoxy) is 1. The Labute approximate surface area is 80.2 Å². The highest BCUT2D eigenvalue weighted by molar-refractivity contribution is 5.75. The van der Waals surface area contributed by atoms with Gasteiger partial charge in [0.05, 0.1) is 34.8 Å². The van der Waals surface area contributed by atoms with Crippen LogP contribution in [-0.2, 0) is 9.53 Å². The van der Waals surface area contributed by atoms with Gasteiger partial charge in [0.1, 0.15) is 6.04 Å². The maximum Gasteiger partial charge on any atom is 0.322 e. The molecule has 2 N–H and O–H groups in total. The molecule has 13 heavy (non-hydrogen) atoms. The van der Waals surface area contributed by atoms with E-state index in [2.05, 4.69) is 25.9 Å². The molecule has 0 aromatic heterocycles. The molecule has 0 radical (unpaired) electrons. The number of carbonyl (C=O) groups excluding carboxylic acids is 1. The van der Waals surface area contributed by atoms with Crippen LogP contribution in [0.5, 0.6) is 0 Å². The molecule has 0 amide bonds. The van der Waals surface area contributed by atoms with Crippen LogP contribution in [0.1, 0.15) is 12.8 Å². The van der Waals surface area contributed by atoms with Crippen molar-refractivity contribution in [1.82, 2.24) is 0 Å². The smallest absolute Gasteiger partial charge is 0.322 e. The standard InChI is InChI=1S/C9H21N2O2/c1-11(2,3)7-5-6-8(10)9(12)13-4/h8H,5-7,10H2,1-4H3/q+1. The molecule has 4 heteroatoms. The monoisotopic (exact) mass is 189 g/mol. The maximum atomic E-state index is 10.9. The van der Waals surface area contributed by atoms with Crippen LogP contribution in [0.15, 0.2) is 0 Å². The first-order chi connectivity index (χ1) is 5.87. The molecule has 4 nitrogen and oxygen atoms in total. The summed E-state index contributed by atoms with van der Waals surface area (Å²) in [6, 6.07) is -0.462. The second-order valence-corrected chi connectivity index (χ2v) is 4.29. The van der Waals surface area contributed by atoms with E-state index in [0.717, 1.165) is 17.4 Å². The average molecular weight is 189 g/mol. The van der Waals surface area contributed by atoms with Crippen molar-refractivity contribution in [3.63, 3.8) is 0 Å². The summed E-state index contributed by atoms with van der Waals surface area (Å²) < 4.78 is 5.42. The van der Waals surface area contributed by atoms with Gasteiger partial charge in [0.15, 0.2) is 0 Å². The number of esters is 1. The van der Waals surface area contributed by atoms with Gasteiger partial charge < -0.3 is 15.0 Å². The molecule has 0 spiro atoms. The fourth-order valence-electron chi connectivity index (χ4n) is 1.05. The highest BCUT2D eigenvalue weighted by Gasteiger charge is 2.15. The lowest BCUT2D eigenvalue weighted by molar-refractivity contribution is -0.870. The van der Waals surface area contributed by atoms with Gasteiger partial charge in [-0.05, 0) is 12.8 Å². The van der Waals surface area contributed by atoms with Crippen molar-refractivity contribution in [2.75, 3.05) is 34.8 Å². The quantitative estimate of drug-likeness (QED) is 0.488. The molecule has 0 fully saturated rings. The highest BCUT2D eigenvalue weighted by atomic mass is 16.5. The van der Waals surface area contributed by atoms with Gasteiger partial charge in [-0.15, -0.1) is 0 Å². The molecule has 0 saturated carbocycles. The molecule has 0 aliphatic rings. The second-order valence-electron chi connectivity index (χ2n) is 4.29. The average Bonchev–Trinajstić information content (AvgIpc) is 2.00. The van der Waals surface area contributed by atoms with Crippen LogP contribution in [0.3, 0.4) is 0 Å². The van der Waals surface area contributed by atoms with Crippen molar-refractivity contribution in [3.8, 4) is 0 Å². The third kappa shape index (κ3) is 6.54. The molecule has 0 heterocycles. The fourth-order valence-corrected chi connectivity index (χ4v) is 1.05. The zero-order valence-electron chi connectivity index (χ0n) is 9.04. The molecule has 0 bridgehead atoms. The molecule has 78 valence electrons. The number of methoxy groups -OCH3 is 1. The Balaban J connectivity index is 3.59. The van der Waals surface area contributed by atoms with Crippen molar-refractivity contribution in [1.29, 1.82) is 0 Å². The molecule has 0 saturated heterocycles. The van der Waals surface area contributed by atoms with E-state index in [1.54, 1.807) is 0 Å². The van der Waals surface area contributed by atoms with Crippen LogP contribution in [0.25, 0.3) is 0 Å². The van der Waals surface area contributed by atoms with Crippen molar-refractivity contribution >= 4 is 5.97 Å². The van der Waals surface area contributed by atoms with Crippen molar-refractivity contribution in [2.45, 2.75) is 18.9 Å². The van der Waals surface area contributed by atoms with Gasteiger partial charge in [-0.3, -0.25) is 4.79 Å². The predicted molar refractivity (Wildman–Crippen MR) is 52.1 cm³/mol. The lowest BCUT2D eigenvalue weighted by atomic mass is 10.1. The lowest BCUT2D eigenvalue weighted by Gasteiger charge is -2.24. The van der Waals surface area contributed by atoms with E-state index in [0.29, 0.717) is 6.42 Å². The normalized spacial score (nSPS) is 13.9. The minimum Gasteiger partial charge on any atom is -0.468 e. The van der Waals surface area contributed by atoms with Gasteiger partial charge in [0.25, 0.3) is 0 Å². The summed E-state index contributed by atoms with van der Waals surface area (Å²) >= 11 is 0. The molecule has 1 unspecified atom stereocenters. The van der Waals surface area contributed by atoms with Crippen LogP contribution in [0, 0.1) is 0 Å². The summed E-state index contributed by atoms with van der Waals surface area (Å²) in [5.74, 6) is -0.318. The number of quaternary nitrogens is 1. The van der Waals surface area contributed by atoms with Crippen molar-refractivity contribution in [2.24, 2.45) is 5.73 Å². The minimum absolute atomic E-state index is 0.318. The number of rotatable bonds is 5. The molecule has 0 aliphatic heterocycles. The Morgan fingerprint density at radius 1 is 1.46 bits per heavy atom. The van der Waals surface area contributed by atoms with Gasteiger partial charge in [-0.2, -0.15) is 0 Å². The Hall–Kier alpha value is -0.610. The first-order valence-corrected chi connectivity index (χ1v) is 4.50. The largest absolute Gasteiger partial charge is 0.468 e. The molecular weight excluding hydrogens is 168 g/mol. The Morgan fingerprint density at radius 3 is 2.38 bits per heavy atom. The van der Waals surface area contributed by atoms with Crippen molar-refractivity contribution < 1.29 is 14.0 Å². The summed E-state index contributed by atoms with van der Waals surface area (Å²) in [5.41, 5.74) is 5.58. The third-order valence-electron chi connectivity index (χ3n) is 1.85. The van der Waals surface area contributed by atoms with Crippen LogP contribution >= 0.6 is 0 Å². The molecule has 0 aromatic rings. The van der Waals surface area contributed by atoms with Crippen LogP contribution in [-0.4, -0.2) is 51.3 Å². The van der Waals surface area contributed by atoms with E-state index < -0.39 is 6.04 Å². The van der Waals surface area contributed by atoms with Gasteiger partial charge >= 0.3 is 5.97 Å². The maximum absolute atomic E-state index is 10.9. The second kappa shape index (κ2) is 5.19. The zero-order chi connectivity index (χ0) is 10.5. The number of hydrogen-bond acceptors (Lipinski definition) is 3. The number of carbonyl (C=O) groups is 1. The van der Waals surface area contributed by atoms with Gasteiger partial charge in [-0.25, -0.2) is 0 Å². The van der Waals surface area contributed by atoms with E-state index >= 15 is 0 Å². The fraction of sp³-hybridized carbons (Fsp3) is 0.889. The van der Waals surface area contributed by atoms with Crippen molar-refractivity contribution in [3.05, 3.63) is 0 Å². The number of nitrogens with two attached hydrogens (primary N) is 1. The molecule has 0 aliphatic carbocycles. The first kappa shape index (κ1) is 12.4. The summed E-state index contributed by atoms with van der Waals surface area (Å²) in [6.45, 7) is 1.02. The number of nitrogens with zero attached hydrogens (tertiary/aromatic N) is 1. The van der Waals surface area contributed by atoms with E-state index in [9.17, 15) is 4.79 Å². The Morgan fingerprint density at radius 2 is 2.00 bits per heavy atom. The summed E-state index contributed by atoms with van der Waals surface area (Å²) in [5, 5.41) is 0. The molecule has 0 rings (SSSR count). The Kier molecular flexibility index (Phi) is 4.95. The molecular formula is C9H21N2O2+. The van der Waals surface area contributed by atoms with Gasteiger partial charge in [0.2, 0.25) is 0 Å². The van der Waals surface area contributed by atoms with E-state index in [1.165, 1.54) is 7.11 Å². The summed E-state index contributed by atoms with van der Waals surface area (Å²) in [4.78, 5) is 10.9. The third-order valence-corrected chi connectivity index (χ3v) is 1.85. The Bertz CT molecular complexity index is 163.